The number of benzene rings is 2. The van der Waals surface area contributed by atoms with Crippen LogP contribution >= 0.6 is 0 Å². The molecule has 0 aliphatic carbocycles. The summed E-state index contributed by atoms with van der Waals surface area (Å²) < 4.78 is 16.5. The van der Waals surface area contributed by atoms with Crippen LogP contribution in [0.1, 0.15) is 37.8 Å². The summed E-state index contributed by atoms with van der Waals surface area (Å²) in [5.41, 5.74) is 2.35. The summed E-state index contributed by atoms with van der Waals surface area (Å²) >= 11 is 0. The van der Waals surface area contributed by atoms with Gasteiger partial charge in [-0.05, 0) is 56.0 Å². The number of hydrogen-bond acceptors (Lipinski definition) is 4. The van der Waals surface area contributed by atoms with Gasteiger partial charge in [-0.2, -0.15) is 0 Å². The van der Waals surface area contributed by atoms with Crippen molar-refractivity contribution in [3.63, 3.8) is 0 Å². The average Bonchev–Trinajstić information content (AvgIpc) is 2.67. The fraction of sp³-hybridized carbons (Fsp3) is 0.435. The van der Waals surface area contributed by atoms with Crippen molar-refractivity contribution in [2.24, 2.45) is 5.41 Å². The fourth-order valence-corrected chi connectivity index (χ4v) is 2.88. The lowest BCUT2D eigenvalue weighted by atomic mass is 9.87. The van der Waals surface area contributed by atoms with Gasteiger partial charge in [0, 0.05) is 11.5 Å². The minimum Gasteiger partial charge on any atom is -0.497 e. The van der Waals surface area contributed by atoms with Gasteiger partial charge >= 0.3 is 0 Å². The van der Waals surface area contributed by atoms with Crippen LogP contribution in [0.5, 0.6) is 17.2 Å². The topological polar surface area (TPSA) is 56.8 Å². The standard InChI is InChI=1S/C23H31NO4/c1-16-8-9-17(2)21(14-16)28-13-7-12-23(3,4)22(25)24-19-15-18(26-5)10-11-20(19)27-6/h8-11,14-15H,7,12-13H2,1-6H3,(H,24,25). The summed E-state index contributed by atoms with van der Waals surface area (Å²) in [4.78, 5) is 12.8. The van der Waals surface area contributed by atoms with Gasteiger partial charge in [0.15, 0.2) is 0 Å². The number of amides is 1. The number of hydrogen-bond donors (Lipinski definition) is 1. The highest BCUT2D eigenvalue weighted by Crippen LogP contribution is 2.32. The largest absolute Gasteiger partial charge is 0.497 e. The molecule has 28 heavy (non-hydrogen) atoms. The zero-order valence-corrected chi connectivity index (χ0v) is 17.7. The number of ether oxygens (including phenoxy) is 3. The number of carbonyl (C=O) groups excluding carboxylic acids is 1. The molecule has 5 nitrogen and oxygen atoms in total. The number of nitrogens with one attached hydrogen (secondary N) is 1. The molecular weight excluding hydrogens is 354 g/mol. The summed E-state index contributed by atoms with van der Waals surface area (Å²) in [6.45, 7) is 8.53. The van der Waals surface area contributed by atoms with Crippen LogP contribution in [0.15, 0.2) is 36.4 Å². The maximum absolute atomic E-state index is 12.8. The van der Waals surface area contributed by atoms with Crippen molar-refractivity contribution in [1.29, 1.82) is 0 Å². The predicted octanol–water partition coefficient (Wildman–Crippen LogP) is 5.14. The van der Waals surface area contributed by atoms with Gasteiger partial charge in [-0.1, -0.05) is 26.0 Å². The van der Waals surface area contributed by atoms with Crippen LogP contribution in [0.4, 0.5) is 5.69 Å². The van der Waals surface area contributed by atoms with Gasteiger partial charge < -0.3 is 19.5 Å². The molecule has 0 saturated carbocycles. The SMILES string of the molecule is COc1ccc(OC)c(NC(=O)C(C)(C)CCCOc2cc(C)ccc2C)c1. The molecule has 1 amide bonds. The minimum absolute atomic E-state index is 0.0641. The molecule has 0 saturated heterocycles. The van der Waals surface area contributed by atoms with Crippen LogP contribution in [-0.2, 0) is 4.79 Å². The van der Waals surface area contributed by atoms with E-state index in [0.717, 1.165) is 17.7 Å². The van der Waals surface area contributed by atoms with Crippen LogP contribution in [0.25, 0.3) is 0 Å². The maximum atomic E-state index is 12.8. The Balaban J connectivity index is 1.93. The van der Waals surface area contributed by atoms with E-state index >= 15 is 0 Å². The Kier molecular flexibility index (Phi) is 7.32. The molecule has 2 aromatic rings. The summed E-state index contributed by atoms with van der Waals surface area (Å²) in [5, 5.41) is 2.97. The Morgan fingerprint density at radius 3 is 2.43 bits per heavy atom. The Morgan fingerprint density at radius 1 is 1.00 bits per heavy atom. The van der Waals surface area contributed by atoms with E-state index < -0.39 is 5.41 Å². The highest BCUT2D eigenvalue weighted by Gasteiger charge is 2.28. The Labute approximate surface area is 168 Å². The predicted molar refractivity (Wildman–Crippen MR) is 113 cm³/mol. The number of anilines is 1. The Hall–Kier alpha value is -2.69. The molecule has 0 bridgehead atoms. The van der Waals surface area contributed by atoms with Gasteiger partial charge in [0.1, 0.15) is 17.2 Å². The maximum Gasteiger partial charge on any atom is 0.230 e. The minimum atomic E-state index is -0.543. The van der Waals surface area contributed by atoms with E-state index in [1.54, 1.807) is 32.4 Å². The third-order valence-electron chi connectivity index (χ3n) is 4.82. The van der Waals surface area contributed by atoms with Crippen LogP contribution < -0.4 is 19.5 Å². The molecule has 0 aromatic heterocycles. The van der Waals surface area contributed by atoms with Crippen molar-refractivity contribution in [3.05, 3.63) is 47.5 Å². The first-order valence-electron chi connectivity index (χ1n) is 9.50. The second kappa shape index (κ2) is 9.49. The number of aryl methyl sites for hydroxylation is 2. The van der Waals surface area contributed by atoms with Gasteiger partial charge in [0.2, 0.25) is 5.91 Å². The number of rotatable bonds is 9. The van der Waals surface area contributed by atoms with E-state index in [2.05, 4.69) is 17.4 Å². The molecule has 0 aliphatic heterocycles. The molecule has 0 heterocycles. The zero-order valence-electron chi connectivity index (χ0n) is 17.7. The lowest BCUT2D eigenvalue weighted by Crippen LogP contribution is -2.31. The highest BCUT2D eigenvalue weighted by atomic mass is 16.5. The second-order valence-electron chi connectivity index (χ2n) is 7.63. The summed E-state index contributed by atoms with van der Waals surface area (Å²) in [5.74, 6) is 2.10. The summed E-state index contributed by atoms with van der Waals surface area (Å²) in [6, 6.07) is 11.5. The smallest absolute Gasteiger partial charge is 0.230 e. The number of methoxy groups -OCH3 is 2. The van der Waals surface area contributed by atoms with Gasteiger partial charge in [-0.25, -0.2) is 0 Å². The highest BCUT2D eigenvalue weighted by molar-refractivity contribution is 5.96. The Bertz CT molecular complexity index is 814. The van der Waals surface area contributed by atoms with Crippen LogP contribution in [0.2, 0.25) is 0 Å². The lowest BCUT2D eigenvalue weighted by molar-refractivity contribution is -0.124. The van der Waals surface area contributed by atoms with E-state index in [4.69, 9.17) is 14.2 Å². The third kappa shape index (κ3) is 5.65. The second-order valence-corrected chi connectivity index (χ2v) is 7.63. The first-order chi connectivity index (χ1) is 13.3. The van der Waals surface area contributed by atoms with Crippen molar-refractivity contribution in [2.75, 3.05) is 26.1 Å². The third-order valence-corrected chi connectivity index (χ3v) is 4.82. The zero-order chi connectivity index (χ0) is 20.7. The molecule has 0 spiro atoms. The van der Waals surface area contributed by atoms with Crippen molar-refractivity contribution in [1.82, 2.24) is 0 Å². The van der Waals surface area contributed by atoms with Crippen molar-refractivity contribution < 1.29 is 19.0 Å². The molecule has 0 aliphatic rings. The molecule has 0 radical (unpaired) electrons. The summed E-state index contributed by atoms with van der Waals surface area (Å²) in [6.07, 6.45) is 1.49. The normalized spacial score (nSPS) is 11.1. The molecule has 2 aromatic carbocycles. The molecule has 0 fully saturated rings. The fourth-order valence-electron chi connectivity index (χ4n) is 2.88. The first kappa shape index (κ1) is 21.6. The molecule has 0 atom stereocenters. The van der Waals surface area contributed by atoms with Crippen molar-refractivity contribution in [2.45, 2.75) is 40.5 Å². The summed E-state index contributed by atoms with van der Waals surface area (Å²) in [7, 11) is 3.17. The van der Waals surface area contributed by atoms with Crippen molar-refractivity contribution >= 4 is 11.6 Å². The van der Waals surface area contributed by atoms with Gasteiger partial charge in [0.25, 0.3) is 0 Å². The molecule has 0 unspecified atom stereocenters. The van der Waals surface area contributed by atoms with Gasteiger partial charge in [-0.3, -0.25) is 4.79 Å². The van der Waals surface area contributed by atoms with Gasteiger partial charge in [-0.15, -0.1) is 0 Å². The quantitative estimate of drug-likeness (QED) is 0.607. The van der Waals surface area contributed by atoms with Gasteiger partial charge in [0.05, 0.1) is 26.5 Å². The molecule has 1 N–H and O–H groups in total. The van der Waals surface area contributed by atoms with Crippen LogP contribution in [0, 0.1) is 19.3 Å². The van der Waals surface area contributed by atoms with Crippen molar-refractivity contribution in [3.8, 4) is 17.2 Å². The lowest BCUT2D eigenvalue weighted by Gasteiger charge is -2.24. The van der Waals surface area contributed by atoms with E-state index in [1.165, 1.54) is 5.56 Å². The molecular formula is C23H31NO4. The number of carbonyl (C=O) groups is 1. The van der Waals surface area contributed by atoms with E-state index in [-0.39, 0.29) is 5.91 Å². The van der Waals surface area contributed by atoms with E-state index in [1.807, 2.05) is 33.8 Å². The van der Waals surface area contributed by atoms with E-state index in [9.17, 15) is 4.79 Å². The molecule has 5 heteroatoms. The first-order valence-corrected chi connectivity index (χ1v) is 9.50. The van der Waals surface area contributed by atoms with Crippen LogP contribution in [-0.4, -0.2) is 26.7 Å². The molecule has 2 rings (SSSR count). The molecule has 152 valence electrons. The van der Waals surface area contributed by atoms with Crippen LogP contribution in [0.3, 0.4) is 0 Å². The Morgan fingerprint density at radius 2 is 1.75 bits per heavy atom. The monoisotopic (exact) mass is 385 g/mol. The van der Waals surface area contributed by atoms with E-state index in [0.29, 0.717) is 30.2 Å². The average molecular weight is 386 g/mol.